The molecule has 0 saturated heterocycles. The Morgan fingerprint density at radius 3 is 2.33 bits per heavy atom. The minimum absolute atomic E-state index is 0.220. The van der Waals surface area contributed by atoms with Crippen LogP contribution in [0.25, 0.3) is 16.8 Å². The first kappa shape index (κ1) is 15.7. The van der Waals surface area contributed by atoms with Crippen LogP contribution in [-0.2, 0) is 9.53 Å². The lowest BCUT2D eigenvalue weighted by molar-refractivity contribution is -0.136. The van der Waals surface area contributed by atoms with Gasteiger partial charge in [-0.05, 0) is 28.5 Å². The quantitative estimate of drug-likeness (QED) is 0.401. The molecule has 0 N–H and O–H groups in total. The van der Waals surface area contributed by atoms with Crippen molar-refractivity contribution in [3.8, 4) is 0 Å². The molecule has 3 rings (SSSR count). The maximum Gasteiger partial charge on any atom is 0.331 e. The van der Waals surface area contributed by atoms with Crippen molar-refractivity contribution in [2.24, 2.45) is 0 Å². The lowest BCUT2D eigenvalue weighted by atomic mass is 10.0. The molecule has 3 aromatic carbocycles. The van der Waals surface area contributed by atoms with Gasteiger partial charge in [0.2, 0.25) is 0 Å². The minimum Gasteiger partial charge on any atom is -0.454 e. The van der Waals surface area contributed by atoms with Gasteiger partial charge in [0, 0.05) is 11.6 Å². The lowest BCUT2D eigenvalue weighted by Gasteiger charge is -2.04. The molecule has 0 aliphatic heterocycles. The molecule has 24 heavy (non-hydrogen) atoms. The summed E-state index contributed by atoms with van der Waals surface area (Å²) in [5.74, 6) is -0.754. The molecule has 0 fully saturated rings. The van der Waals surface area contributed by atoms with Crippen molar-refractivity contribution < 1.29 is 14.3 Å². The van der Waals surface area contributed by atoms with E-state index in [1.54, 1.807) is 12.1 Å². The number of hydrogen-bond donors (Lipinski definition) is 0. The summed E-state index contributed by atoms with van der Waals surface area (Å²) in [6.45, 7) is -0.268. The van der Waals surface area contributed by atoms with Gasteiger partial charge in [0.1, 0.15) is 0 Å². The molecule has 0 radical (unpaired) electrons. The average molecular weight is 316 g/mol. The molecule has 0 unspecified atom stereocenters. The van der Waals surface area contributed by atoms with Gasteiger partial charge in [-0.15, -0.1) is 0 Å². The molecule has 0 heterocycles. The summed E-state index contributed by atoms with van der Waals surface area (Å²) in [5.41, 5.74) is 1.43. The third-order valence-electron chi connectivity index (χ3n) is 3.63. The normalized spacial score (nSPS) is 10.8. The molecular weight excluding hydrogens is 300 g/mol. The molecule has 0 amide bonds. The summed E-state index contributed by atoms with van der Waals surface area (Å²) in [7, 11) is 0. The first-order valence-corrected chi connectivity index (χ1v) is 7.64. The monoisotopic (exact) mass is 316 g/mol. The zero-order valence-corrected chi connectivity index (χ0v) is 13.0. The highest BCUT2D eigenvalue weighted by Crippen LogP contribution is 2.16. The van der Waals surface area contributed by atoms with Crippen molar-refractivity contribution in [3.05, 3.63) is 90.0 Å². The van der Waals surface area contributed by atoms with Gasteiger partial charge in [0.05, 0.1) is 0 Å². The van der Waals surface area contributed by atoms with Crippen LogP contribution in [0.1, 0.15) is 15.9 Å². The van der Waals surface area contributed by atoms with Gasteiger partial charge < -0.3 is 4.74 Å². The minimum atomic E-state index is -0.534. The van der Waals surface area contributed by atoms with E-state index in [4.69, 9.17) is 4.74 Å². The third-order valence-corrected chi connectivity index (χ3v) is 3.63. The summed E-state index contributed by atoms with van der Waals surface area (Å²) in [5, 5.41) is 2.05. The van der Waals surface area contributed by atoms with Crippen molar-refractivity contribution >= 4 is 28.6 Å². The fourth-order valence-electron chi connectivity index (χ4n) is 2.36. The Bertz CT molecular complexity index is 895. The molecular formula is C21H16O3. The number of fused-ring (bicyclic) bond motifs is 1. The summed E-state index contributed by atoms with van der Waals surface area (Å²) >= 11 is 0. The maximum absolute atomic E-state index is 12.2. The Morgan fingerprint density at radius 1 is 0.833 bits per heavy atom. The van der Waals surface area contributed by atoms with E-state index in [1.165, 1.54) is 6.08 Å². The average Bonchev–Trinajstić information content (AvgIpc) is 2.65. The van der Waals surface area contributed by atoms with Gasteiger partial charge in [-0.3, -0.25) is 4.79 Å². The fraction of sp³-hybridized carbons (Fsp3) is 0.0476. The van der Waals surface area contributed by atoms with Crippen LogP contribution < -0.4 is 0 Å². The topological polar surface area (TPSA) is 43.4 Å². The SMILES string of the molecule is O=C(/C=C/c1ccccc1)OCC(=O)c1ccc2ccccc2c1. The van der Waals surface area contributed by atoms with Crippen LogP contribution in [-0.4, -0.2) is 18.4 Å². The Labute approximate surface area is 140 Å². The van der Waals surface area contributed by atoms with Crippen LogP contribution in [0, 0.1) is 0 Å². The molecule has 0 saturated carbocycles. The highest BCUT2D eigenvalue weighted by Gasteiger charge is 2.09. The van der Waals surface area contributed by atoms with Gasteiger partial charge in [0.15, 0.2) is 12.4 Å². The lowest BCUT2D eigenvalue weighted by Crippen LogP contribution is -2.12. The van der Waals surface area contributed by atoms with E-state index in [2.05, 4.69) is 0 Å². The van der Waals surface area contributed by atoms with Gasteiger partial charge in [-0.1, -0.05) is 66.7 Å². The fourth-order valence-corrected chi connectivity index (χ4v) is 2.36. The molecule has 0 spiro atoms. The van der Waals surface area contributed by atoms with Crippen LogP contribution in [0.2, 0.25) is 0 Å². The van der Waals surface area contributed by atoms with Crippen molar-refractivity contribution in [1.82, 2.24) is 0 Å². The molecule has 3 aromatic rings. The number of esters is 1. The Hall–Kier alpha value is -3.20. The Morgan fingerprint density at radius 2 is 1.54 bits per heavy atom. The molecule has 3 heteroatoms. The number of carbonyl (C=O) groups excluding carboxylic acids is 2. The van der Waals surface area contributed by atoms with Gasteiger partial charge >= 0.3 is 5.97 Å². The van der Waals surface area contributed by atoms with Crippen LogP contribution in [0.4, 0.5) is 0 Å². The number of hydrogen-bond acceptors (Lipinski definition) is 3. The zero-order chi connectivity index (χ0) is 16.8. The van der Waals surface area contributed by atoms with E-state index in [1.807, 2.05) is 66.7 Å². The smallest absolute Gasteiger partial charge is 0.331 e. The van der Waals surface area contributed by atoms with E-state index in [0.29, 0.717) is 5.56 Å². The standard InChI is InChI=1S/C21H16O3/c22-20(19-12-11-17-8-4-5-9-18(17)14-19)15-24-21(23)13-10-16-6-2-1-3-7-16/h1-14H,15H2/b13-10+. The van der Waals surface area contributed by atoms with Crippen molar-refractivity contribution in [2.75, 3.05) is 6.61 Å². The predicted molar refractivity (Wildman–Crippen MR) is 94.7 cm³/mol. The van der Waals surface area contributed by atoms with Crippen molar-refractivity contribution in [1.29, 1.82) is 0 Å². The number of benzene rings is 3. The second-order valence-corrected chi connectivity index (χ2v) is 5.34. The number of carbonyl (C=O) groups is 2. The largest absolute Gasteiger partial charge is 0.454 e. The van der Waals surface area contributed by atoms with E-state index < -0.39 is 5.97 Å². The summed E-state index contributed by atoms with van der Waals surface area (Å²) in [4.78, 5) is 23.9. The number of Topliss-reactive ketones (excluding diaryl/α,β-unsaturated/α-hetero) is 1. The van der Waals surface area contributed by atoms with E-state index >= 15 is 0 Å². The maximum atomic E-state index is 12.2. The van der Waals surface area contributed by atoms with Gasteiger partial charge in [0.25, 0.3) is 0 Å². The van der Waals surface area contributed by atoms with Crippen LogP contribution in [0.15, 0.2) is 78.9 Å². The van der Waals surface area contributed by atoms with Gasteiger partial charge in [-0.25, -0.2) is 4.79 Å². The molecule has 0 aliphatic rings. The van der Waals surface area contributed by atoms with Crippen molar-refractivity contribution in [2.45, 2.75) is 0 Å². The zero-order valence-electron chi connectivity index (χ0n) is 13.0. The summed E-state index contributed by atoms with van der Waals surface area (Å²) in [6, 6.07) is 22.7. The van der Waals surface area contributed by atoms with Crippen LogP contribution in [0.3, 0.4) is 0 Å². The Kier molecular flexibility index (Phi) is 4.82. The number of ether oxygens (including phenoxy) is 1. The first-order chi connectivity index (χ1) is 11.7. The van der Waals surface area contributed by atoms with Gasteiger partial charge in [-0.2, -0.15) is 0 Å². The third kappa shape index (κ3) is 3.96. The second kappa shape index (κ2) is 7.38. The molecule has 3 nitrogen and oxygen atoms in total. The highest BCUT2D eigenvalue weighted by molar-refractivity contribution is 6.01. The van der Waals surface area contributed by atoms with E-state index in [9.17, 15) is 9.59 Å². The molecule has 0 aromatic heterocycles. The van der Waals surface area contributed by atoms with Crippen LogP contribution in [0.5, 0.6) is 0 Å². The van der Waals surface area contributed by atoms with E-state index in [0.717, 1.165) is 16.3 Å². The molecule has 0 aliphatic carbocycles. The Balaban J connectivity index is 1.60. The number of rotatable bonds is 5. The number of ketones is 1. The molecule has 0 atom stereocenters. The highest BCUT2D eigenvalue weighted by atomic mass is 16.5. The summed E-state index contributed by atoms with van der Waals surface area (Å²) < 4.78 is 5.02. The van der Waals surface area contributed by atoms with Crippen molar-refractivity contribution in [3.63, 3.8) is 0 Å². The molecule has 118 valence electrons. The second-order valence-electron chi connectivity index (χ2n) is 5.34. The van der Waals surface area contributed by atoms with E-state index in [-0.39, 0.29) is 12.4 Å². The first-order valence-electron chi connectivity index (χ1n) is 7.64. The summed E-state index contributed by atoms with van der Waals surface area (Å²) in [6.07, 6.45) is 2.98. The van der Waals surface area contributed by atoms with Crippen LogP contribution >= 0.6 is 0 Å². The molecule has 0 bridgehead atoms. The predicted octanol–water partition coefficient (Wildman–Crippen LogP) is 4.28.